The van der Waals surface area contributed by atoms with Gasteiger partial charge in [0.1, 0.15) is 0 Å². The predicted octanol–water partition coefficient (Wildman–Crippen LogP) is 4.22. The third-order valence-electron chi connectivity index (χ3n) is 3.62. The van der Waals surface area contributed by atoms with E-state index in [0.717, 1.165) is 29.1 Å². The topological polar surface area (TPSA) is 71.1 Å². The van der Waals surface area contributed by atoms with Crippen molar-refractivity contribution in [3.63, 3.8) is 0 Å². The lowest BCUT2D eigenvalue weighted by atomic mass is 10.2. The van der Waals surface area contributed by atoms with E-state index < -0.39 is 0 Å². The molecule has 3 aromatic rings. The van der Waals surface area contributed by atoms with Gasteiger partial charge in [-0.15, -0.1) is 11.3 Å². The van der Waals surface area contributed by atoms with E-state index in [-0.39, 0.29) is 11.8 Å². The number of carbonyl (C=O) groups is 2. The van der Waals surface area contributed by atoms with Crippen LogP contribution < -0.4 is 10.6 Å². The van der Waals surface area contributed by atoms with E-state index in [2.05, 4.69) is 21.7 Å². The second-order valence-corrected chi connectivity index (χ2v) is 6.85. The van der Waals surface area contributed by atoms with Gasteiger partial charge in [-0.1, -0.05) is 12.1 Å². The fraction of sp³-hybridized carbons (Fsp3) is 0.211. The average Bonchev–Trinajstić information content (AvgIpc) is 2.99. The molecule has 1 aromatic heterocycles. The van der Waals surface area contributed by atoms with Crippen LogP contribution in [0.1, 0.15) is 24.8 Å². The van der Waals surface area contributed by atoms with Crippen LogP contribution in [-0.4, -0.2) is 16.8 Å². The number of nitrogens with zero attached hydrogens (tertiary/aromatic N) is 1. The number of thiazole rings is 1. The number of carbonyl (C=O) groups excluding carboxylic acids is 2. The largest absolute Gasteiger partial charge is 0.326 e. The smallest absolute Gasteiger partial charge is 0.224 e. The van der Waals surface area contributed by atoms with E-state index in [1.54, 1.807) is 35.6 Å². The molecule has 0 aliphatic carbocycles. The third kappa shape index (κ3) is 4.87. The molecule has 5 nitrogen and oxygen atoms in total. The Hall–Kier alpha value is -2.73. The van der Waals surface area contributed by atoms with Crippen LogP contribution in [0.25, 0.3) is 10.2 Å². The van der Waals surface area contributed by atoms with Gasteiger partial charge in [-0.25, -0.2) is 4.98 Å². The molecular weight excluding hydrogens is 334 g/mol. The molecular formula is C19H19N3O2S. The molecule has 6 heteroatoms. The minimum atomic E-state index is -0.119. The van der Waals surface area contributed by atoms with E-state index in [1.807, 2.05) is 18.2 Å². The summed E-state index contributed by atoms with van der Waals surface area (Å²) in [5.41, 5.74) is 2.45. The van der Waals surface area contributed by atoms with E-state index in [4.69, 9.17) is 0 Å². The van der Waals surface area contributed by atoms with E-state index in [9.17, 15) is 9.59 Å². The van der Waals surface area contributed by atoms with Crippen molar-refractivity contribution in [1.29, 1.82) is 0 Å². The average molecular weight is 353 g/mol. The van der Waals surface area contributed by atoms with Crippen molar-refractivity contribution in [3.8, 4) is 0 Å². The van der Waals surface area contributed by atoms with Gasteiger partial charge in [-0.05, 0) is 49.2 Å². The highest BCUT2D eigenvalue weighted by Gasteiger charge is 2.06. The molecule has 0 spiro atoms. The van der Waals surface area contributed by atoms with Crippen LogP contribution >= 0.6 is 11.3 Å². The molecule has 128 valence electrons. The second kappa shape index (κ2) is 7.90. The summed E-state index contributed by atoms with van der Waals surface area (Å²) < 4.78 is 1.18. The van der Waals surface area contributed by atoms with Gasteiger partial charge in [0, 0.05) is 24.7 Å². The van der Waals surface area contributed by atoms with Gasteiger partial charge < -0.3 is 10.6 Å². The number of rotatable bonds is 6. The zero-order valence-electron chi connectivity index (χ0n) is 13.9. The first-order valence-corrected chi connectivity index (χ1v) is 8.94. The number of anilines is 2. The van der Waals surface area contributed by atoms with E-state index >= 15 is 0 Å². The molecule has 0 saturated heterocycles. The van der Waals surface area contributed by atoms with Crippen molar-refractivity contribution in [2.45, 2.75) is 26.2 Å². The molecule has 0 aliphatic rings. The maximum absolute atomic E-state index is 12.0. The van der Waals surface area contributed by atoms with E-state index in [1.165, 1.54) is 11.6 Å². The number of nitrogens with one attached hydrogen (secondary N) is 2. The van der Waals surface area contributed by atoms with Crippen molar-refractivity contribution in [1.82, 2.24) is 4.98 Å². The molecule has 3 rings (SSSR count). The van der Waals surface area contributed by atoms with Gasteiger partial charge in [-0.2, -0.15) is 0 Å². The predicted molar refractivity (Wildman–Crippen MR) is 102 cm³/mol. The number of hydrogen-bond acceptors (Lipinski definition) is 4. The lowest BCUT2D eigenvalue weighted by Crippen LogP contribution is -2.11. The van der Waals surface area contributed by atoms with Gasteiger partial charge in [0.05, 0.1) is 15.2 Å². The monoisotopic (exact) mass is 353 g/mol. The van der Waals surface area contributed by atoms with Crippen molar-refractivity contribution in [3.05, 3.63) is 53.5 Å². The Morgan fingerprint density at radius 1 is 1.00 bits per heavy atom. The highest BCUT2D eigenvalue weighted by Crippen LogP contribution is 2.22. The van der Waals surface area contributed by atoms with Gasteiger partial charge in [0.15, 0.2) is 0 Å². The lowest BCUT2D eigenvalue weighted by Gasteiger charge is -2.06. The number of para-hydroxylation sites is 1. The second-order valence-electron chi connectivity index (χ2n) is 5.74. The molecule has 0 atom stereocenters. The highest BCUT2D eigenvalue weighted by molar-refractivity contribution is 7.18. The number of fused-ring (bicyclic) bond motifs is 1. The number of hydrogen-bond donors (Lipinski definition) is 2. The van der Waals surface area contributed by atoms with Gasteiger partial charge in [0.2, 0.25) is 11.8 Å². The SMILES string of the molecule is CC(=O)Nc1ccc(NC(=O)CCCc2nc3ccccc3s2)cc1. The maximum Gasteiger partial charge on any atom is 0.224 e. The Balaban J connectivity index is 1.46. The number of aryl methyl sites for hydroxylation is 1. The van der Waals surface area contributed by atoms with Crippen LogP contribution in [0.15, 0.2) is 48.5 Å². The molecule has 0 unspecified atom stereocenters. The van der Waals surface area contributed by atoms with Crippen LogP contribution in [0.3, 0.4) is 0 Å². The fourth-order valence-corrected chi connectivity index (χ4v) is 3.50. The minimum Gasteiger partial charge on any atom is -0.326 e. The summed E-state index contributed by atoms with van der Waals surface area (Å²) in [5.74, 6) is -0.139. The number of aromatic nitrogens is 1. The summed E-state index contributed by atoms with van der Waals surface area (Å²) in [6.07, 6.45) is 2.01. The summed E-state index contributed by atoms with van der Waals surface area (Å²) in [6, 6.07) is 15.1. The summed E-state index contributed by atoms with van der Waals surface area (Å²) >= 11 is 1.68. The Bertz CT molecular complexity index is 854. The Morgan fingerprint density at radius 3 is 2.36 bits per heavy atom. The molecule has 0 radical (unpaired) electrons. The van der Waals surface area contributed by atoms with Crippen LogP contribution in [0, 0.1) is 0 Å². The first kappa shape index (κ1) is 17.1. The Kier molecular flexibility index (Phi) is 5.40. The molecule has 2 amide bonds. The molecule has 25 heavy (non-hydrogen) atoms. The molecule has 0 aliphatic heterocycles. The summed E-state index contributed by atoms with van der Waals surface area (Å²) in [6.45, 7) is 1.46. The third-order valence-corrected chi connectivity index (χ3v) is 4.72. The van der Waals surface area contributed by atoms with Gasteiger partial charge >= 0.3 is 0 Å². The van der Waals surface area contributed by atoms with Gasteiger partial charge in [-0.3, -0.25) is 9.59 Å². The van der Waals surface area contributed by atoms with Crippen molar-refractivity contribution in [2.75, 3.05) is 10.6 Å². The first-order chi connectivity index (χ1) is 12.1. The van der Waals surface area contributed by atoms with Gasteiger partial charge in [0.25, 0.3) is 0 Å². The standard InChI is InChI=1S/C19H19N3O2S/c1-13(23)20-14-9-11-15(12-10-14)21-18(24)7-4-8-19-22-16-5-2-3-6-17(16)25-19/h2-3,5-6,9-12H,4,7-8H2,1H3,(H,20,23)(H,21,24). The van der Waals surface area contributed by atoms with Crippen LogP contribution in [0.5, 0.6) is 0 Å². The summed E-state index contributed by atoms with van der Waals surface area (Å²) in [5, 5.41) is 6.62. The van der Waals surface area contributed by atoms with Crippen LogP contribution in [0.4, 0.5) is 11.4 Å². The quantitative estimate of drug-likeness (QED) is 0.697. The molecule has 1 heterocycles. The normalized spacial score (nSPS) is 10.6. The minimum absolute atomic E-state index is 0.0200. The van der Waals surface area contributed by atoms with Crippen molar-refractivity contribution >= 4 is 44.7 Å². The lowest BCUT2D eigenvalue weighted by molar-refractivity contribution is -0.116. The fourth-order valence-electron chi connectivity index (χ4n) is 2.49. The van der Waals surface area contributed by atoms with E-state index in [0.29, 0.717) is 12.1 Å². The molecule has 0 bridgehead atoms. The number of benzene rings is 2. The zero-order chi connectivity index (χ0) is 17.6. The molecule has 0 fully saturated rings. The van der Waals surface area contributed by atoms with Crippen molar-refractivity contribution < 1.29 is 9.59 Å². The highest BCUT2D eigenvalue weighted by atomic mass is 32.1. The van der Waals surface area contributed by atoms with Crippen molar-refractivity contribution in [2.24, 2.45) is 0 Å². The molecule has 0 saturated carbocycles. The first-order valence-electron chi connectivity index (χ1n) is 8.12. The van der Waals surface area contributed by atoms with Crippen LogP contribution in [0.2, 0.25) is 0 Å². The number of amides is 2. The Labute approximate surface area is 150 Å². The maximum atomic E-state index is 12.0. The summed E-state index contributed by atoms with van der Waals surface area (Å²) in [4.78, 5) is 27.6. The molecule has 2 aromatic carbocycles. The van der Waals surface area contributed by atoms with Crippen LogP contribution in [-0.2, 0) is 16.0 Å². The molecule has 2 N–H and O–H groups in total. The summed E-state index contributed by atoms with van der Waals surface area (Å²) in [7, 11) is 0. The zero-order valence-corrected chi connectivity index (χ0v) is 14.7. The Morgan fingerprint density at radius 2 is 1.68 bits per heavy atom.